The molecule has 1 amide bonds. The second-order valence-electron chi connectivity index (χ2n) is 5.41. The number of hydrogen-bond donors (Lipinski definition) is 2. The first kappa shape index (κ1) is 20.0. The molecule has 0 aliphatic carbocycles. The van der Waals surface area contributed by atoms with Crippen LogP contribution in [0.3, 0.4) is 0 Å². The minimum atomic E-state index is -3.71. The molecule has 0 saturated heterocycles. The molecule has 2 aromatic carbocycles. The largest absolute Gasteiger partial charge is 0.326 e. The summed E-state index contributed by atoms with van der Waals surface area (Å²) in [5.41, 5.74) is 0.848. The molecule has 26 heavy (non-hydrogen) atoms. The van der Waals surface area contributed by atoms with Crippen molar-refractivity contribution in [3.8, 4) is 0 Å². The van der Waals surface area contributed by atoms with Crippen LogP contribution in [0.15, 0.2) is 51.8 Å². The highest BCUT2D eigenvalue weighted by Crippen LogP contribution is 2.22. The third-order valence-corrected chi connectivity index (χ3v) is 5.48. The maximum Gasteiger partial charge on any atom is 0.271 e. The van der Waals surface area contributed by atoms with Gasteiger partial charge >= 0.3 is 0 Å². The Morgan fingerprint density at radius 3 is 2.46 bits per heavy atom. The van der Waals surface area contributed by atoms with Crippen molar-refractivity contribution in [2.24, 2.45) is 0 Å². The van der Waals surface area contributed by atoms with Gasteiger partial charge in [-0.2, -0.15) is 0 Å². The molecule has 0 heterocycles. The van der Waals surface area contributed by atoms with E-state index < -0.39 is 20.9 Å². The fraction of sp³-hybridized carbons (Fsp3) is 0.188. The molecular formula is C16H16BrN3O5S. The molecule has 2 aromatic rings. The number of carbonyl (C=O) groups excluding carboxylic acids is 1. The summed E-state index contributed by atoms with van der Waals surface area (Å²) in [6, 6.07) is 10.2. The zero-order chi connectivity index (χ0) is 19.3. The number of non-ortho nitro benzene ring substituents is 1. The third kappa shape index (κ3) is 5.35. The van der Waals surface area contributed by atoms with Crippen LogP contribution in [0.2, 0.25) is 0 Å². The van der Waals surface area contributed by atoms with Gasteiger partial charge in [-0.3, -0.25) is 14.9 Å². The van der Waals surface area contributed by atoms with E-state index in [-0.39, 0.29) is 23.5 Å². The highest BCUT2D eigenvalue weighted by Gasteiger charge is 2.15. The maximum atomic E-state index is 12.1. The Balaban J connectivity index is 1.94. The Morgan fingerprint density at radius 2 is 1.85 bits per heavy atom. The number of rotatable bonds is 7. The van der Waals surface area contributed by atoms with Crippen molar-refractivity contribution in [1.82, 2.24) is 4.72 Å². The predicted octanol–water partition coefficient (Wildman–Crippen LogP) is 2.97. The molecule has 0 fully saturated rings. The van der Waals surface area contributed by atoms with E-state index in [1.807, 2.05) is 0 Å². The van der Waals surface area contributed by atoms with Gasteiger partial charge in [0.05, 0.1) is 15.5 Å². The molecule has 0 bridgehead atoms. The zero-order valence-corrected chi connectivity index (χ0v) is 16.1. The average Bonchev–Trinajstić information content (AvgIpc) is 2.57. The average molecular weight is 442 g/mol. The number of aryl methyl sites for hydroxylation is 1. The summed E-state index contributed by atoms with van der Waals surface area (Å²) >= 11 is 3.22. The summed E-state index contributed by atoms with van der Waals surface area (Å²) in [4.78, 5) is 22.3. The van der Waals surface area contributed by atoms with Crippen molar-refractivity contribution < 1.29 is 18.1 Å². The van der Waals surface area contributed by atoms with Gasteiger partial charge in [0.25, 0.3) is 5.69 Å². The summed E-state index contributed by atoms with van der Waals surface area (Å²) in [6.45, 7) is 1.60. The first-order valence-electron chi connectivity index (χ1n) is 7.49. The summed E-state index contributed by atoms with van der Waals surface area (Å²) in [5, 5.41) is 13.4. The standard InChI is InChI=1S/C16H16BrN3O5S/c1-11-2-5-13(20(22)23)10-15(11)19-16(21)8-9-18-26(24,25)14-6-3-12(17)4-7-14/h2-7,10,18H,8-9H2,1H3,(H,19,21). The van der Waals surface area contributed by atoms with Gasteiger partial charge in [-0.15, -0.1) is 0 Å². The van der Waals surface area contributed by atoms with E-state index in [0.717, 1.165) is 4.47 Å². The first-order valence-corrected chi connectivity index (χ1v) is 9.77. The lowest BCUT2D eigenvalue weighted by Crippen LogP contribution is -2.28. The van der Waals surface area contributed by atoms with Gasteiger partial charge in [0, 0.05) is 29.6 Å². The van der Waals surface area contributed by atoms with Gasteiger partial charge < -0.3 is 5.32 Å². The van der Waals surface area contributed by atoms with Crippen LogP contribution in [-0.2, 0) is 14.8 Å². The molecule has 0 aromatic heterocycles. The molecule has 0 atom stereocenters. The lowest BCUT2D eigenvalue weighted by atomic mass is 10.2. The van der Waals surface area contributed by atoms with Gasteiger partial charge in [0.15, 0.2) is 0 Å². The van der Waals surface area contributed by atoms with Gasteiger partial charge in [-0.25, -0.2) is 13.1 Å². The smallest absolute Gasteiger partial charge is 0.271 e. The number of anilines is 1. The molecule has 10 heteroatoms. The monoisotopic (exact) mass is 441 g/mol. The Bertz CT molecular complexity index is 929. The lowest BCUT2D eigenvalue weighted by molar-refractivity contribution is -0.384. The minimum absolute atomic E-state index is 0.0932. The van der Waals surface area contributed by atoms with E-state index in [0.29, 0.717) is 11.3 Å². The van der Waals surface area contributed by atoms with Crippen molar-refractivity contribution in [2.45, 2.75) is 18.2 Å². The lowest BCUT2D eigenvalue weighted by Gasteiger charge is -2.09. The fourth-order valence-corrected chi connectivity index (χ4v) is 3.36. The number of carbonyl (C=O) groups is 1. The molecule has 0 spiro atoms. The van der Waals surface area contributed by atoms with Gasteiger partial charge in [0.2, 0.25) is 15.9 Å². The van der Waals surface area contributed by atoms with Crippen molar-refractivity contribution in [3.63, 3.8) is 0 Å². The van der Waals surface area contributed by atoms with Crippen molar-refractivity contribution in [3.05, 3.63) is 62.6 Å². The summed E-state index contributed by atoms with van der Waals surface area (Å²) in [5.74, 6) is -0.452. The predicted molar refractivity (Wildman–Crippen MR) is 100 cm³/mol. The first-order chi connectivity index (χ1) is 12.2. The number of sulfonamides is 1. The van der Waals surface area contributed by atoms with Crippen LogP contribution in [0.4, 0.5) is 11.4 Å². The summed E-state index contributed by atoms with van der Waals surface area (Å²) in [7, 11) is -3.71. The number of nitrogens with zero attached hydrogens (tertiary/aromatic N) is 1. The maximum absolute atomic E-state index is 12.1. The molecule has 0 radical (unpaired) electrons. The van der Waals surface area contributed by atoms with Gasteiger partial charge in [-0.1, -0.05) is 22.0 Å². The molecule has 138 valence electrons. The van der Waals surface area contributed by atoms with Crippen LogP contribution >= 0.6 is 15.9 Å². The van der Waals surface area contributed by atoms with E-state index >= 15 is 0 Å². The van der Waals surface area contributed by atoms with Gasteiger partial charge in [-0.05, 0) is 36.8 Å². The molecule has 0 saturated carbocycles. The second-order valence-corrected chi connectivity index (χ2v) is 8.09. The number of halogens is 1. The number of nitro benzene ring substituents is 1. The topological polar surface area (TPSA) is 118 Å². The molecule has 2 rings (SSSR count). The highest BCUT2D eigenvalue weighted by molar-refractivity contribution is 9.10. The van der Waals surface area contributed by atoms with Crippen LogP contribution in [0.25, 0.3) is 0 Å². The van der Waals surface area contributed by atoms with E-state index in [2.05, 4.69) is 26.0 Å². The molecular weight excluding hydrogens is 426 g/mol. The quantitative estimate of drug-likeness (QED) is 0.505. The molecule has 2 N–H and O–H groups in total. The Hall–Kier alpha value is -2.30. The third-order valence-electron chi connectivity index (χ3n) is 3.47. The molecule has 0 aliphatic heterocycles. The fourth-order valence-electron chi connectivity index (χ4n) is 2.07. The van der Waals surface area contributed by atoms with Crippen molar-refractivity contribution >= 4 is 43.2 Å². The zero-order valence-electron chi connectivity index (χ0n) is 13.7. The van der Waals surface area contributed by atoms with Crippen molar-refractivity contribution in [1.29, 1.82) is 0 Å². The van der Waals surface area contributed by atoms with Crippen molar-refractivity contribution in [2.75, 3.05) is 11.9 Å². The van der Waals surface area contributed by atoms with E-state index in [4.69, 9.17) is 0 Å². The van der Waals surface area contributed by atoms with E-state index in [1.54, 1.807) is 19.1 Å². The van der Waals surface area contributed by atoms with Crippen LogP contribution in [-0.4, -0.2) is 25.8 Å². The van der Waals surface area contributed by atoms with Crippen LogP contribution in [0, 0.1) is 17.0 Å². The Labute approximate surface area is 158 Å². The number of benzene rings is 2. The SMILES string of the molecule is Cc1ccc([N+](=O)[O-])cc1NC(=O)CCNS(=O)(=O)c1ccc(Br)cc1. The number of amides is 1. The van der Waals surface area contributed by atoms with E-state index in [9.17, 15) is 23.3 Å². The summed E-state index contributed by atoms with van der Waals surface area (Å²) < 4.78 is 27.3. The normalized spacial score (nSPS) is 11.2. The minimum Gasteiger partial charge on any atom is -0.326 e. The highest BCUT2D eigenvalue weighted by atomic mass is 79.9. The Kier molecular flexibility index (Phi) is 6.46. The number of hydrogen-bond acceptors (Lipinski definition) is 5. The van der Waals surface area contributed by atoms with Gasteiger partial charge in [0.1, 0.15) is 0 Å². The molecule has 0 aliphatic rings. The molecule has 0 unspecified atom stereocenters. The number of nitro groups is 1. The van der Waals surface area contributed by atoms with Crippen LogP contribution < -0.4 is 10.0 Å². The molecule has 8 nitrogen and oxygen atoms in total. The van der Waals surface area contributed by atoms with Crippen LogP contribution in [0.5, 0.6) is 0 Å². The van der Waals surface area contributed by atoms with Crippen LogP contribution in [0.1, 0.15) is 12.0 Å². The summed E-state index contributed by atoms with van der Waals surface area (Å²) in [6.07, 6.45) is -0.113. The number of nitrogens with one attached hydrogen (secondary N) is 2. The van der Waals surface area contributed by atoms with E-state index in [1.165, 1.54) is 30.3 Å². The Morgan fingerprint density at radius 1 is 1.19 bits per heavy atom. The second kappa shape index (κ2) is 8.39.